The van der Waals surface area contributed by atoms with Gasteiger partial charge in [-0.3, -0.25) is 0 Å². The first-order valence-corrected chi connectivity index (χ1v) is 6.08. The summed E-state index contributed by atoms with van der Waals surface area (Å²) in [6.07, 6.45) is 1.53. The minimum Gasteiger partial charge on any atom is -0.436 e. The molecule has 0 unspecified atom stereocenters. The van der Waals surface area contributed by atoms with Gasteiger partial charge in [0, 0.05) is 16.2 Å². The van der Waals surface area contributed by atoms with Gasteiger partial charge < -0.3 is 9.84 Å². The van der Waals surface area contributed by atoms with E-state index >= 15 is 0 Å². The molecule has 0 atom stereocenters. The summed E-state index contributed by atoms with van der Waals surface area (Å²) < 4.78 is 19.7. The molecule has 0 amide bonds. The van der Waals surface area contributed by atoms with Crippen LogP contribution in [0.15, 0.2) is 34.9 Å². The quantitative estimate of drug-likeness (QED) is 0.942. The first-order chi connectivity index (χ1) is 8.60. The molecule has 0 aliphatic rings. The topological polar surface area (TPSA) is 42.4 Å². The number of ether oxygens (including phenoxy) is 1. The Morgan fingerprint density at radius 3 is 2.89 bits per heavy atom. The van der Waals surface area contributed by atoms with Crippen LogP contribution < -0.4 is 4.74 Å². The second-order valence-electron chi connectivity index (χ2n) is 3.81. The van der Waals surface area contributed by atoms with Crippen LogP contribution in [-0.2, 0) is 6.61 Å². The van der Waals surface area contributed by atoms with E-state index in [1.807, 2.05) is 6.92 Å². The van der Waals surface area contributed by atoms with Crippen molar-refractivity contribution < 1.29 is 14.2 Å². The molecule has 18 heavy (non-hydrogen) atoms. The molecule has 1 aromatic carbocycles. The summed E-state index contributed by atoms with van der Waals surface area (Å²) in [4.78, 5) is 4.02. The summed E-state index contributed by atoms with van der Waals surface area (Å²) in [7, 11) is 0. The number of benzene rings is 1. The van der Waals surface area contributed by atoms with Gasteiger partial charge in [0.2, 0.25) is 5.88 Å². The molecule has 0 bridgehead atoms. The number of pyridine rings is 1. The molecular weight excluding hydrogens is 301 g/mol. The second-order valence-corrected chi connectivity index (χ2v) is 4.73. The van der Waals surface area contributed by atoms with Gasteiger partial charge in [-0.25, -0.2) is 9.37 Å². The molecule has 1 heterocycles. The van der Waals surface area contributed by atoms with Crippen LogP contribution in [0.2, 0.25) is 0 Å². The molecule has 2 rings (SSSR count). The van der Waals surface area contributed by atoms with Crippen LogP contribution in [0.5, 0.6) is 11.6 Å². The number of hydrogen-bond acceptors (Lipinski definition) is 3. The van der Waals surface area contributed by atoms with Crippen LogP contribution in [-0.4, -0.2) is 10.1 Å². The van der Waals surface area contributed by atoms with Crippen LogP contribution in [0, 0.1) is 12.7 Å². The summed E-state index contributed by atoms with van der Waals surface area (Å²) in [5.74, 6) is -0.168. The van der Waals surface area contributed by atoms with Crippen LogP contribution in [0.1, 0.15) is 11.1 Å². The van der Waals surface area contributed by atoms with Gasteiger partial charge >= 0.3 is 0 Å². The monoisotopic (exact) mass is 311 g/mol. The zero-order chi connectivity index (χ0) is 13.1. The summed E-state index contributed by atoms with van der Waals surface area (Å²) >= 11 is 3.25. The van der Waals surface area contributed by atoms with Crippen LogP contribution in [0.25, 0.3) is 0 Å². The Bertz CT molecular complexity index is 575. The number of aryl methyl sites for hydroxylation is 1. The Balaban J connectivity index is 2.36. The molecule has 1 aromatic heterocycles. The standard InChI is InChI=1S/C13H11BrFNO2/c1-8-2-3-11(15)12(4-8)18-13-9(7-17)5-10(14)6-16-13/h2-6,17H,7H2,1H3. The van der Waals surface area contributed by atoms with E-state index in [1.54, 1.807) is 18.2 Å². The third kappa shape index (κ3) is 2.86. The molecule has 0 saturated carbocycles. The molecule has 0 aliphatic heterocycles. The number of nitrogens with zero attached hydrogens (tertiary/aromatic N) is 1. The highest BCUT2D eigenvalue weighted by Gasteiger charge is 2.10. The van der Waals surface area contributed by atoms with Gasteiger partial charge in [0.1, 0.15) is 0 Å². The van der Waals surface area contributed by atoms with Gasteiger partial charge in [-0.2, -0.15) is 0 Å². The molecule has 0 aliphatic carbocycles. The fourth-order valence-electron chi connectivity index (χ4n) is 1.47. The van der Waals surface area contributed by atoms with E-state index in [9.17, 15) is 9.50 Å². The first-order valence-electron chi connectivity index (χ1n) is 5.29. The largest absolute Gasteiger partial charge is 0.436 e. The Morgan fingerprint density at radius 2 is 2.17 bits per heavy atom. The van der Waals surface area contributed by atoms with Crippen LogP contribution in [0.4, 0.5) is 4.39 Å². The van der Waals surface area contributed by atoms with E-state index in [-0.39, 0.29) is 18.2 Å². The minimum absolute atomic E-state index is 0.0968. The molecule has 3 nitrogen and oxygen atoms in total. The number of aliphatic hydroxyl groups excluding tert-OH is 1. The number of rotatable bonds is 3. The summed E-state index contributed by atoms with van der Waals surface area (Å²) in [5.41, 5.74) is 1.37. The number of aliphatic hydroxyl groups is 1. The third-order valence-corrected chi connectivity index (χ3v) is 2.79. The van der Waals surface area contributed by atoms with Gasteiger partial charge in [0.05, 0.1) is 6.61 Å². The smallest absolute Gasteiger partial charge is 0.224 e. The normalized spacial score (nSPS) is 10.4. The second kappa shape index (κ2) is 5.46. The van der Waals surface area contributed by atoms with E-state index in [1.165, 1.54) is 12.3 Å². The van der Waals surface area contributed by atoms with Crippen LogP contribution >= 0.6 is 15.9 Å². The maximum absolute atomic E-state index is 13.5. The Hall–Kier alpha value is -1.46. The van der Waals surface area contributed by atoms with Crippen molar-refractivity contribution in [2.75, 3.05) is 0 Å². The lowest BCUT2D eigenvalue weighted by Gasteiger charge is -2.10. The lowest BCUT2D eigenvalue weighted by atomic mass is 10.2. The molecular formula is C13H11BrFNO2. The Labute approximate surface area is 112 Å². The van der Waals surface area contributed by atoms with Crippen molar-refractivity contribution in [1.29, 1.82) is 0 Å². The maximum atomic E-state index is 13.5. The van der Waals surface area contributed by atoms with Gasteiger partial charge in [0.25, 0.3) is 0 Å². The molecule has 94 valence electrons. The minimum atomic E-state index is -0.464. The van der Waals surface area contributed by atoms with Crippen molar-refractivity contribution >= 4 is 15.9 Å². The first kappa shape index (κ1) is 13.0. The molecule has 0 radical (unpaired) electrons. The Morgan fingerprint density at radius 1 is 1.39 bits per heavy atom. The SMILES string of the molecule is Cc1ccc(F)c(Oc2ncc(Br)cc2CO)c1. The van der Waals surface area contributed by atoms with Crippen LogP contribution in [0.3, 0.4) is 0 Å². The lowest BCUT2D eigenvalue weighted by molar-refractivity contribution is 0.274. The Kier molecular flexibility index (Phi) is 3.93. The van der Waals surface area contributed by atoms with Crippen molar-refractivity contribution in [2.24, 2.45) is 0 Å². The summed E-state index contributed by atoms with van der Waals surface area (Å²) in [5, 5.41) is 9.21. The molecule has 0 fully saturated rings. The molecule has 1 N–H and O–H groups in total. The van der Waals surface area contributed by atoms with Crippen molar-refractivity contribution in [2.45, 2.75) is 13.5 Å². The fourth-order valence-corrected chi connectivity index (χ4v) is 1.85. The zero-order valence-corrected chi connectivity index (χ0v) is 11.2. The van der Waals surface area contributed by atoms with Crippen molar-refractivity contribution in [1.82, 2.24) is 4.98 Å². The van der Waals surface area contributed by atoms with E-state index < -0.39 is 5.82 Å². The maximum Gasteiger partial charge on any atom is 0.224 e. The van der Waals surface area contributed by atoms with Crippen molar-refractivity contribution in [3.8, 4) is 11.6 Å². The predicted octanol–water partition coefficient (Wildman–Crippen LogP) is 3.58. The molecule has 2 aromatic rings. The van der Waals surface area contributed by atoms with Gasteiger partial charge in [-0.15, -0.1) is 0 Å². The van der Waals surface area contributed by atoms with Gasteiger partial charge in [-0.1, -0.05) is 6.07 Å². The average molecular weight is 312 g/mol. The van der Waals surface area contributed by atoms with Gasteiger partial charge in [0.15, 0.2) is 11.6 Å². The molecule has 5 heteroatoms. The molecule has 0 saturated heterocycles. The van der Waals surface area contributed by atoms with Crippen molar-refractivity contribution in [3.05, 3.63) is 51.9 Å². The third-order valence-electron chi connectivity index (χ3n) is 2.36. The highest BCUT2D eigenvalue weighted by Crippen LogP contribution is 2.28. The van der Waals surface area contributed by atoms with E-state index in [0.717, 1.165) is 10.0 Å². The predicted molar refractivity (Wildman–Crippen MR) is 69.1 cm³/mol. The number of aromatic nitrogens is 1. The summed E-state index contributed by atoms with van der Waals surface area (Å²) in [6, 6.07) is 6.25. The highest BCUT2D eigenvalue weighted by molar-refractivity contribution is 9.10. The van der Waals surface area contributed by atoms with Gasteiger partial charge in [-0.05, 0) is 46.6 Å². The zero-order valence-electron chi connectivity index (χ0n) is 9.65. The van der Waals surface area contributed by atoms with Crippen molar-refractivity contribution in [3.63, 3.8) is 0 Å². The van der Waals surface area contributed by atoms with E-state index in [2.05, 4.69) is 20.9 Å². The van der Waals surface area contributed by atoms with E-state index in [0.29, 0.717) is 5.56 Å². The number of hydrogen-bond donors (Lipinski definition) is 1. The number of halogens is 2. The average Bonchev–Trinajstić information content (AvgIpc) is 2.36. The highest BCUT2D eigenvalue weighted by atomic mass is 79.9. The molecule has 0 spiro atoms. The fraction of sp³-hybridized carbons (Fsp3) is 0.154. The summed E-state index contributed by atoms with van der Waals surface area (Å²) in [6.45, 7) is 1.61. The lowest BCUT2D eigenvalue weighted by Crippen LogP contribution is -1.97. The van der Waals surface area contributed by atoms with E-state index in [4.69, 9.17) is 4.74 Å².